The number of hydrogen-bond donors (Lipinski definition) is 0. The molecule has 0 radical (unpaired) electrons. The lowest BCUT2D eigenvalue weighted by Gasteiger charge is -2.06. The van der Waals surface area contributed by atoms with Gasteiger partial charge in [0.25, 0.3) is 0 Å². The number of ketones is 1. The van der Waals surface area contributed by atoms with Crippen molar-refractivity contribution in [3.63, 3.8) is 0 Å². The first-order valence-electron chi connectivity index (χ1n) is 6.75. The molecule has 0 aromatic heterocycles. The van der Waals surface area contributed by atoms with Crippen molar-refractivity contribution in [2.75, 3.05) is 6.61 Å². The second-order valence-corrected chi connectivity index (χ2v) is 4.76. The summed E-state index contributed by atoms with van der Waals surface area (Å²) in [5.41, 5.74) is 3.67. The van der Waals surface area contributed by atoms with Crippen molar-refractivity contribution in [1.82, 2.24) is 0 Å². The summed E-state index contributed by atoms with van der Waals surface area (Å²) in [6.45, 7) is 3.80. The zero-order valence-electron chi connectivity index (χ0n) is 11.4. The maximum atomic E-state index is 12.4. The SMILES string of the molecule is CCOc1ccc(C(=O)c2ccc3c(c2)COC3)cc1. The topological polar surface area (TPSA) is 35.5 Å². The maximum absolute atomic E-state index is 12.4. The first kappa shape index (κ1) is 12.9. The molecule has 1 aliphatic rings. The Kier molecular flexibility index (Phi) is 3.52. The van der Waals surface area contributed by atoms with Gasteiger partial charge in [0.1, 0.15) is 5.75 Å². The van der Waals surface area contributed by atoms with Crippen molar-refractivity contribution in [1.29, 1.82) is 0 Å². The molecule has 3 rings (SSSR count). The van der Waals surface area contributed by atoms with Gasteiger partial charge >= 0.3 is 0 Å². The molecule has 2 aromatic rings. The molecule has 0 bridgehead atoms. The van der Waals surface area contributed by atoms with Gasteiger partial charge in [0.2, 0.25) is 0 Å². The molecule has 3 nitrogen and oxygen atoms in total. The van der Waals surface area contributed by atoms with Gasteiger partial charge in [-0.15, -0.1) is 0 Å². The fraction of sp³-hybridized carbons (Fsp3) is 0.235. The number of carbonyl (C=O) groups is 1. The van der Waals surface area contributed by atoms with E-state index >= 15 is 0 Å². The predicted molar refractivity (Wildman–Crippen MR) is 76.0 cm³/mol. The van der Waals surface area contributed by atoms with E-state index in [0.717, 1.165) is 11.3 Å². The second-order valence-electron chi connectivity index (χ2n) is 4.76. The molecule has 3 heteroatoms. The Morgan fingerprint density at radius 1 is 1.05 bits per heavy atom. The standard InChI is InChI=1S/C17H16O3/c1-2-20-16-7-5-12(6-8-16)17(18)13-3-4-14-10-19-11-15(14)9-13/h3-9H,2,10-11H2,1H3. The Hall–Kier alpha value is -2.13. The Bertz CT molecular complexity index is 629. The Morgan fingerprint density at radius 3 is 2.50 bits per heavy atom. The molecule has 1 aliphatic heterocycles. The van der Waals surface area contributed by atoms with Crippen LogP contribution in [0.25, 0.3) is 0 Å². The van der Waals surface area contributed by atoms with E-state index < -0.39 is 0 Å². The molecule has 0 saturated heterocycles. The highest BCUT2D eigenvalue weighted by molar-refractivity contribution is 6.09. The highest BCUT2D eigenvalue weighted by atomic mass is 16.5. The molecule has 0 atom stereocenters. The zero-order chi connectivity index (χ0) is 13.9. The average molecular weight is 268 g/mol. The number of ether oxygens (including phenoxy) is 2. The van der Waals surface area contributed by atoms with Gasteiger partial charge in [0.15, 0.2) is 5.78 Å². The van der Waals surface area contributed by atoms with Crippen molar-refractivity contribution in [3.05, 3.63) is 64.7 Å². The number of benzene rings is 2. The van der Waals surface area contributed by atoms with Crippen molar-refractivity contribution in [2.24, 2.45) is 0 Å². The van der Waals surface area contributed by atoms with Crippen LogP contribution in [0.3, 0.4) is 0 Å². The molecular weight excluding hydrogens is 252 g/mol. The highest BCUT2D eigenvalue weighted by Crippen LogP contribution is 2.23. The third kappa shape index (κ3) is 2.45. The highest BCUT2D eigenvalue weighted by Gasteiger charge is 2.15. The molecule has 0 unspecified atom stereocenters. The third-order valence-electron chi connectivity index (χ3n) is 3.41. The molecule has 1 heterocycles. The molecule has 0 N–H and O–H groups in total. The maximum Gasteiger partial charge on any atom is 0.193 e. The van der Waals surface area contributed by atoms with E-state index in [1.807, 2.05) is 37.3 Å². The monoisotopic (exact) mass is 268 g/mol. The van der Waals surface area contributed by atoms with Crippen molar-refractivity contribution < 1.29 is 14.3 Å². The molecule has 0 fully saturated rings. The normalized spacial score (nSPS) is 13.1. The second kappa shape index (κ2) is 5.47. The van der Waals surface area contributed by atoms with Crippen LogP contribution >= 0.6 is 0 Å². The Labute approximate surface area is 118 Å². The van der Waals surface area contributed by atoms with E-state index in [-0.39, 0.29) is 5.78 Å². The van der Waals surface area contributed by atoms with Crippen LogP contribution in [0.4, 0.5) is 0 Å². The minimum absolute atomic E-state index is 0.0303. The molecule has 0 aliphatic carbocycles. The molecule has 102 valence electrons. The van der Waals surface area contributed by atoms with Crippen LogP contribution in [0.5, 0.6) is 5.75 Å². The molecule has 0 spiro atoms. The van der Waals surface area contributed by atoms with Crippen LogP contribution in [-0.2, 0) is 18.0 Å². The van der Waals surface area contributed by atoms with Crippen LogP contribution in [0.2, 0.25) is 0 Å². The summed E-state index contributed by atoms with van der Waals surface area (Å²) in [5, 5.41) is 0. The number of hydrogen-bond acceptors (Lipinski definition) is 3. The molecule has 0 amide bonds. The van der Waals surface area contributed by atoms with Gasteiger partial charge in [-0.25, -0.2) is 0 Å². The fourth-order valence-electron chi connectivity index (χ4n) is 2.35. The van der Waals surface area contributed by atoms with Crippen LogP contribution in [-0.4, -0.2) is 12.4 Å². The summed E-state index contributed by atoms with van der Waals surface area (Å²) in [7, 11) is 0. The minimum atomic E-state index is 0.0303. The smallest absolute Gasteiger partial charge is 0.193 e. The summed E-state index contributed by atoms with van der Waals surface area (Å²) in [4.78, 5) is 12.4. The van der Waals surface area contributed by atoms with E-state index in [9.17, 15) is 4.79 Å². The lowest BCUT2D eigenvalue weighted by Crippen LogP contribution is -2.02. The first-order valence-corrected chi connectivity index (χ1v) is 6.75. The molecule has 0 saturated carbocycles. The van der Waals surface area contributed by atoms with Crippen LogP contribution < -0.4 is 4.74 Å². The molecule has 20 heavy (non-hydrogen) atoms. The van der Waals surface area contributed by atoms with Crippen molar-refractivity contribution >= 4 is 5.78 Å². The van der Waals surface area contributed by atoms with E-state index in [1.165, 1.54) is 5.56 Å². The Morgan fingerprint density at radius 2 is 1.75 bits per heavy atom. The van der Waals surface area contributed by atoms with Gasteiger partial charge in [0.05, 0.1) is 19.8 Å². The summed E-state index contributed by atoms with van der Waals surface area (Å²) in [5.74, 6) is 0.814. The summed E-state index contributed by atoms with van der Waals surface area (Å²) >= 11 is 0. The Balaban J connectivity index is 1.84. The zero-order valence-corrected chi connectivity index (χ0v) is 11.4. The van der Waals surface area contributed by atoms with E-state index in [0.29, 0.717) is 30.9 Å². The van der Waals surface area contributed by atoms with Gasteiger partial charge in [-0.05, 0) is 48.4 Å². The van der Waals surface area contributed by atoms with E-state index in [4.69, 9.17) is 9.47 Å². The van der Waals surface area contributed by atoms with Gasteiger partial charge in [-0.1, -0.05) is 12.1 Å². The summed E-state index contributed by atoms with van der Waals surface area (Å²) < 4.78 is 10.7. The van der Waals surface area contributed by atoms with Crippen LogP contribution in [0, 0.1) is 0 Å². The van der Waals surface area contributed by atoms with Gasteiger partial charge < -0.3 is 9.47 Å². The first-order chi connectivity index (χ1) is 9.78. The third-order valence-corrected chi connectivity index (χ3v) is 3.41. The lowest BCUT2D eigenvalue weighted by molar-refractivity contribution is 0.103. The van der Waals surface area contributed by atoms with Gasteiger partial charge in [0, 0.05) is 11.1 Å². The predicted octanol–water partition coefficient (Wildman–Crippen LogP) is 3.35. The van der Waals surface area contributed by atoms with Crippen molar-refractivity contribution in [3.8, 4) is 5.75 Å². The van der Waals surface area contributed by atoms with E-state index in [1.54, 1.807) is 12.1 Å². The summed E-state index contributed by atoms with van der Waals surface area (Å²) in [6, 6.07) is 13.0. The van der Waals surface area contributed by atoms with Gasteiger partial charge in [-0.3, -0.25) is 4.79 Å². The summed E-state index contributed by atoms with van der Waals surface area (Å²) in [6.07, 6.45) is 0. The minimum Gasteiger partial charge on any atom is -0.494 e. The number of carbonyl (C=O) groups excluding carboxylic acids is 1. The van der Waals surface area contributed by atoms with Crippen LogP contribution in [0.1, 0.15) is 34.0 Å². The quantitative estimate of drug-likeness (QED) is 0.798. The molecule has 2 aromatic carbocycles. The van der Waals surface area contributed by atoms with Crippen molar-refractivity contribution in [2.45, 2.75) is 20.1 Å². The number of fused-ring (bicyclic) bond motifs is 1. The van der Waals surface area contributed by atoms with E-state index in [2.05, 4.69) is 0 Å². The largest absolute Gasteiger partial charge is 0.494 e. The van der Waals surface area contributed by atoms with Crippen LogP contribution in [0.15, 0.2) is 42.5 Å². The number of rotatable bonds is 4. The fourth-order valence-corrected chi connectivity index (χ4v) is 2.35. The average Bonchev–Trinajstić information content (AvgIpc) is 2.95. The van der Waals surface area contributed by atoms with Gasteiger partial charge in [-0.2, -0.15) is 0 Å². The molecular formula is C17H16O3. The lowest BCUT2D eigenvalue weighted by atomic mass is 9.99.